The first-order valence-electron chi connectivity index (χ1n) is 7.24. The Morgan fingerprint density at radius 2 is 2.14 bits per heavy atom. The van der Waals surface area contributed by atoms with Crippen LogP contribution in [0.2, 0.25) is 0 Å². The topological polar surface area (TPSA) is 55.1 Å². The van der Waals surface area contributed by atoms with Gasteiger partial charge in [-0.15, -0.1) is 0 Å². The maximum atomic E-state index is 12.0. The zero-order valence-corrected chi connectivity index (χ0v) is 12.7. The van der Waals surface area contributed by atoms with E-state index in [9.17, 15) is 4.79 Å². The summed E-state index contributed by atoms with van der Waals surface area (Å²) in [6, 6.07) is 6.05. The van der Waals surface area contributed by atoms with Crippen molar-refractivity contribution in [1.29, 1.82) is 0 Å². The quantitative estimate of drug-likeness (QED) is 0.870. The van der Waals surface area contributed by atoms with Crippen LogP contribution in [0.1, 0.15) is 51.0 Å². The van der Waals surface area contributed by atoms with Gasteiger partial charge in [0.15, 0.2) is 5.58 Å². The first kappa shape index (κ1) is 13.9. The Morgan fingerprint density at radius 1 is 1.38 bits per heavy atom. The maximum absolute atomic E-state index is 12.0. The van der Waals surface area contributed by atoms with E-state index in [2.05, 4.69) is 43.7 Å². The van der Waals surface area contributed by atoms with E-state index in [-0.39, 0.29) is 17.2 Å². The highest BCUT2D eigenvalue weighted by Gasteiger charge is 2.30. The Labute approximate surface area is 124 Å². The second-order valence-electron chi connectivity index (χ2n) is 6.67. The van der Waals surface area contributed by atoms with Gasteiger partial charge in [-0.1, -0.05) is 33.4 Å². The summed E-state index contributed by atoms with van der Waals surface area (Å²) in [5.74, 6) is 0.107. The normalized spacial score (nSPS) is 19.9. The third kappa shape index (κ3) is 2.58. The van der Waals surface area contributed by atoms with Crippen molar-refractivity contribution in [3.05, 3.63) is 41.9 Å². The smallest absolute Gasteiger partial charge is 0.236 e. The van der Waals surface area contributed by atoms with Crippen LogP contribution in [0.5, 0.6) is 0 Å². The van der Waals surface area contributed by atoms with Crippen molar-refractivity contribution >= 4 is 17.0 Å². The van der Waals surface area contributed by atoms with Gasteiger partial charge in [-0.3, -0.25) is 4.79 Å². The molecule has 4 nitrogen and oxygen atoms in total. The fourth-order valence-corrected chi connectivity index (χ4v) is 2.57. The van der Waals surface area contributed by atoms with Crippen LogP contribution < -0.4 is 5.32 Å². The van der Waals surface area contributed by atoms with Crippen molar-refractivity contribution in [3.63, 3.8) is 0 Å². The second-order valence-corrected chi connectivity index (χ2v) is 6.67. The van der Waals surface area contributed by atoms with E-state index in [4.69, 9.17) is 4.42 Å². The average molecular weight is 284 g/mol. The SMILES string of the molecule is C=C1CCC(c2nc3ccc(C(C)(C)C)cc3o2)C(=O)N1. The average Bonchev–Trinajstić information content (AvgIpc) is 2.79. The van der Waals surface area contributed by atoms with Gasteiger partial charge in [0.1, 0.15) is 11.4 Å². The lowest BCUT2D eigenvalue weighted by Gasteiger charge is -2.20. The fourth-order valence-electron chi connectivity index (χ4n) is 2.57. The van der Waals surface area contributed by atoms with Crippen LogP contribution in [-0.4, -0.2) is 10.9 Å². The molecule has 3 rings (SSSR count). The third-order valence-corrected chi connectivity index (χ3v) is 3.92. The van der Waals surface area contributed by atoms with Gasteiger partial charge in [0, 0.05) is 5.70 Å². The number of hydrogen-bond acceptors (Lipinski definition) is 3. The van der Waals surface area contributed by atoms with Gasteiger partial charge in [0.25, 0.3) is 0 Å². The first-order valence-corrected chi connectivity index (χ1v) is 7.24. The molecule has 0 aliphatic carbocycles. The Kier molecular flexibility index (Phi) is 3.12. The van der Waals surface area contributed by atoms with E-state index < -0.39 is 0 Å². The molecule has 0 spiro atoms. The number of carbonyl (C=O) groups excluding carboxylic acids is 1. The van der Waals surface area contributed by atoms with Crippen LogP contribution in [0.15, 0.2) is 34.9 Å². The van der Waals surface area contributed by atoms with Crippen molar-refractivity contribution in [3.8, 4) is 0 Å². The molecule has 1 fully saturated rings. The van der Waals surface area contributed by atoms with Gasteiger partial charge in [-0.05, 0) is 36.0 Å². The molecule has 1 unspecified atom stereocenters. The van der Waals surface area contributed by atoms with E-state index in [1.165, 1.54) is 5.56 Å². The number of aromatic nitrogens is 1. The zero-order valence-electron chi connectivity index (χ0n) is 12.7. The lowest BCUT2D eigenvalue weighted by molar-refractivity contribution is -0.123. The van der Waals surface area contributed by atoms with Crippen LogP contribution in [0.25, 0.3) is 11.1 Å². The fraction of sp³-hybridized carbons (Fsp3) is 0.412. The number of allylic oxidation sites excluding steroid dienone is 1. The standard InChI is InChI=1S/C17H20N2O2/c1-10-5-7-12(15(20)18-10)16-19-13-8-6-11(17(2,3)4)9-14(13)21-16/h6,8-9,12H,1,5,7H2,2-4H3,(H,18,20). The molecule has 1 N–H and O–H groups in total. The summed E-state index contributed by atoms with van der Waals surface area (Å²) in [6.07, 6.45) is 1.46. The highest BCUT2D eigenvalue weighted by Crippen LogP contribution is 2.31. The number of oxazole rings is 1. The molecule has 1 aromatic carbocycles. The molecule has 4 heteroatoms. The van der Waals surface area contributed by atoms with E-state index >= 15 is 0 Å². The van der Waals surface area contributed by atoms with Gasteiger partial charge in [0.05, 0.1) is 0 Å². The summed E-state index contributed by atoms with van der Waals surface area (Å²) in [6.45, 7) is 10.3. The number of benzene rings is 1. The molecule has 1 aromatic heterocycles. The van der Waals surface area contributed by atoms with Crippen LogP contribution >= 0.6 is 0 Å². The van der Waals surface area contributed by atoms with E-state index in [0.29, 0.717) is 12.3 Å². The second kappa shape index (κ2) is 4.72. The molecule has 1 aliphatic rings. The van der Waals surface area contributed by atoms with Crippen molar-refractivity contribution < 1.29 is 9.21 Å². The lowest BCUT2D eigenvalue weighted by atomic mass is 9.87. The van der Waals surface area contributed by atoms with E-state index in [0.717, 1.165) is 23.2 Å². The summed E-state index contributed by atoms with van der Waals surface area (Å²) in [7, 11) is 0. The number of fused-ring (bicyclic) bond motifs is 1. The molecular weight excluding hydrogens is 264 g/mol. The highest BCUT2D eigenvalue weighted by atomic mass is 16.3. The predicted molar refractivity (Wildman–Crippen MR) is 82.0 cm³/mol. The first-order chi connectivity index (χ1) is 9.84. The molecule has 2 heterocycles. The third-order valence-electron chi connectivity index (χ3n) is 3.92. The molecule has 2 aromatic rings. The maximum Gasteiger partial charge on any atom is 0.236 e. The van der Waals surface area contributed by atoms with E-state index in [1.54, 1.807) is 0 Å². The number of rotatable bonds is 1. The van der Waals surface area contributed by atoms with Gasteiger partial charge in [-0.25, -0.2) is 4.98 Å². The lowest BCUT2D eigenvalue weighted by Crippen LogP contribution is -2.33. The van der Waals surface area contributed by atoms with Gasteiger partial charge in [-0.2, -0.15) is 0 Å². The summed E-state index contributed by atoms with van der Waals surface area (Å²) in [5, 5.41) is 2.77. The number of amides is 1. The van der Waals surface area contributed by atoms with Crippen LogP contribution in [-0.2, 0) is 10.2 Å². The molecule has 0 radical (unpaired) electrons. The molecule has 0 bridgehead atoms. The van der Waals surface area contributed by atoms with Crippen molar-refractivity contribution in [1.82, 2.24) is 10.3 Å². The number of piperidine rings is 1. The van der Waals surface area contributed by atoms with E-state index in [1.807, 2.05) is 12.1 Å². The minimum atomic E-state index is -0.319. The van der Waals surface area contributed by atoms with Crippen LogP contribution in [0, 0.1) is 0 Å². The molecule has 110 valence electrons. The molecule has 0 saturated carbocycles. The monoisotopic (exact) mass is 284 g/mol. The Balaban J connectivity index is 1.98. The van der Waals surface area contributed by atoms with Gasteiger partial charge >= 0.3 is 0 Å². The number of nitrogens with zero attached hydrogens (tertiary/aromatic N) is 1. The minimum absolute atomic E-state index is 0.0566. The molecule has 1 amide bonds. The van der Waals surface area contributed by atoms with Crippen molar-refractivity contribution in [2.75, 3.05) is 0 Å². The van der Waals surface area contributed by atoms with Crippen molar-refractivity contribution in [2.45, 2.75) is 44.9 Å². The molecule has 1 saturated heterocycles. The molecule has 21 heavy (non-hydrogen) atoms. The molecule has 1 atom stereocenters. The summed E-state index contributed by atoms with van der Waals surface area (Å²) in [5.41, 5.74) is 3.56. The van der Waals surface area contributed by atoms with Crippen LogP contribution in [0.3, 0.4) is 0 Å². The number of carbonyl (C=O) groups is 1. The number of hydrogen-bond donors (Lipinski definition) is 1. The minimum Gasteiger partial charge on any atom is -0.440 e. The Morgan fingerprint density at radius 3 is 2.81 bits per heavy atom. The Bertz CT molecular complexity index is 722. The van der Waals surface area contributed by atoms with Gasteiger partial charge < -0.3 is 9.73 Å². The van der Waals surface area contributed by atoms with Gasteiger partial charge in [0.2, 0.25) is 11.8 Å². The summed E-state index contributed by atoms with van der Waals surface area (Å²) in [4.78, 5) is 16.5. The molecular formula is C17H20N2O2. The summed E-state index contributed by atoms with van der Waals surface area (Å²) >= 11 is 0. The Hall–Kier alpha value is -2.10. The predicted octanol–water partition coefficient (Wildman–Crippen LogP) is 3.63. The largest absolute Gasteiger partial charge is 0.440 e. The van der Waals surface area contributed by atoms with Crippen molar-refractivity contribution in [2.24, 2.45) is 0 Å². The molecule has 1 aliphatic heterocycles. The highest BCUT2D eigenvalue weighted by molar-refractivity contribution is 5.86. The number of nitrogens with one attached hydrogen (secondary N) is 1. The van der Waals surface area contributed by atoms with Crippen LogP contribution in [0.4, 0.5) is 0 Å². The summed E-state index contributed by atoms with van der Waals surface area (Å²) < 4.78 is 5.85. The zero-order chi connectivity index (χ0) is 15.2.